The molecule has 6 heteroatoms. The Hall–Kier alpha value is -3.15. The summed E-state index contributed by atoms with van der Waals surface area (Å²) in [7, 11) is 1.61. The molecular weight excluding hydrogens is 340 g/mol. The van der Waals surface area contributed by atoms with Gasteiger partial charge in [-0.25, -0.2) is 9.97 Å². The maximum atomic E-state index is 13.1. The van der Waals surface area contributed by atoms with E-state index in [0.29, 0.717) is 11.4 Å². The molecule has 6 nitrogen and oxygen atoms in total. The monoisotopic (exact) mass is 362 g/mol. The molecule has 0 aliphatic carbocycles. The van der Waals surface area contributed by atoms with Crippen molar-refractivity contribution in [1.82, 2.24) is 9.97 Å². The smallest absolute Gasteiger partial charge is 0.247 e. The van der Waals surface area contributed by atoms with E-state index >= 15 is 0 Å². The van der Waals surface area contributed by atoms with Gasteiger partial charge in [-0.2, -0.15) is 0 Å². The minimum Gasteiger partial charge on any atom is -0.495 e. The molecule has 0 bridgehead atoms. The molecule has 1 amide bonds. The number of anilines is 2. The molecule has 1 aromatic heterocycles. The van der Waals surface area contributed by atoms with Crippen LogP contribution in [0.4, 0.5) is 11.5 Å². The van der Waals surface area contributed by atoms with Gasteiger partial charge in [0.25, 0.3) is 0 Å². The molecule has 27 heavy (non-hydrogen) atoms. The number of benzene rings is 2. The van der Waals surface area contributed by atoms with Gasteiger partial charge in [-0.05, 0) is 49.6 Å². The average Bonchev–Trinajstić information content (AvgIpc) is 3.17. The summed E-state index contributed by atoms with van der Waals surface area (Å²) in [6.45, 7) is 2.79. The second-order valence-corrected chi connectivity index (χ2v) is 6.76. The van der Waals surface area contributed by atoms with Gasteiger partial charge in [0.15, 0.2) is 0 Å². The number of carbonyl (C=O) groups excluding carboxylic acids is 1. The fourth-order valence-corrected chi connectivity index (χ4v) is 3.65. The van der Waals surface area contributed by atoms with Crippen molar-refractivity contribution in [3.8, 4) is 5.75 Å². The largest absolute Gasteiger partial charge is 0.495 e. The maximum Gasteiger partial charge on any atom is 0.247 e. The highest BCUT2D eigenvalue weighted by Crippen LogP contribution is 2.31. The van der Waals surface area contributed by atoms with E-state index in [4.69, 9.17) is 4.74 Å². The summed E-state index contributed by atoms with van der Waals surface area (Å²) >= 11 is 0. The molecule has 0 radical (unpaired) electrons. The molecule has 0 spiro atoms. The molecule has 1 N–H and O–H groups in total. The Kier molecular flexibility index (Phi) is 4.62. The molecule has 3 aromatic rings. The summed E-state index contributed by atoms with van der Waals surface area (Å²) in [5.74, 6) is 1.43. The number of carbonyl (C=O) groups is 1. The van der Waals surface area contributed by atoms with Crippen LogP contribution in [-0.4, -0.2) is 35.6 Å². The molecule has 1 atom stereocenters. The summed E-state index contributed by atoms with van der Waals surface area (Å²) < 4.78 is 5.38. The molecule has 2 aromatic carbocycles. The summed E-state index contributed by atoms with van der Waals surface area (Å²) in [5, 5.41) is 4.01. The lowest BCUT2D eigenvalue weighted by Gasteiger charge is -2.26. The molecule has 2 heterocycles. The molecule has 1 aliphatic rings. The van der Waals surface area contributed by atoms with Crippen LogP contribution >= 0.6 is 0 Å². The van der Waals surface area contributed by atoms with Gasteiger partial charge in [-0.1, -0.05) is 18.2 Å². The number of hydrogen-bond donors (Lipinski definition) is 1. The topological polar surface area (TPSA) is 67.3 Å². The SMILES string of the molecule is COc1ccc(C)cc1NC(=O)[C@@H]1CCCN1c1ncnc2ccccc12. The lowest BCUT2D eigenvalue weighted by Crippen LogP contribution is -2.40. The van der Waals surface area contributed by atoms with Gasteiger partial charge in [0, 0.05) is 11.9 Å². The first-order valence-corrected chi connectivity index (χ1v) is 9.09. The number of aromatic nitrogens is 2. The van der Waals surface area contributed by atoms with Crippen LogP contribution in [0, 0.1) is 6.92 Å². The summed E-state index contributed by atoms with van der Waals surface area (Å²) in [6, 6.07) is 13.4. The quantitative estimate of drug-likeness (QED) is 0.769. The van der Waals surface area contributed by atoms with Crippen molar-refractivity contribution in [3.05, 3.63) is 54.4 Å². The Morgan fingerprint density at radius 3 is 2.93 bits per heavy atom. The summed E-state index contributed by atoms with van der Waals surface area (Å²) in [6.07, 6.45) is 3.30. The first-order valence-electron chi connectivity index (χ1n) is 9.09. The third-order valence-electron chi connectivity index (χ3n) is 4.96. The zero-order chi connectivity index (χ0) is 18.8. The Balaban J connectivity index is 1.63. The van der Waals surface area contributed by atoms with Gasteiger partial charge in [-0.15, -0.1) is 0 Å². The standard InChI is InChI=1S/C21H22N4O2/c1-14-9-10-19(27-2)17(12-14)24-21(26)18-8-5-11-25(18)20-15-6-3-4-7-16(15)22-13-23-20/h3-4,6-7,9-10,12-13,18H,5,8,11H2,1-2H3,(H,24,26)/t18-/m0/s1. The highest BCUT2D eigenvalue weighted by molar-refractivity contribution is 6.00. The fraction of sp³-hybridized carbons (Fsp3) is 0.286. The van der Waals surface area contributed by atoms with E-state index in [1.54, 1.807) is 13.4 Å². The number of methoxy groups -OCH3 is 1. The lowest BCUT2D eigenvalue weighted by molar-refractivity contribution is -0.117. The van der Waals surface area contributed by atoms with E-state index < -0.39 is 0 Å². The number of fused-ring (bicyclic) bond motifs is 1. The molecule has 0 unspecified atom stereocenters. The number of rotatable bonds is 4. The Labute approximate surface area is 158 Å². The van der Waals surface area contributed by atoms with Gasteiger partial charge in [0.05, 0.1) is 18.3 Å². The number of hydrogen-bond acceptors (Lipinski definition) is 5. The number of nitrogens with zero attached hydrogens (tertiary/aromatic N) is 3. The highest BCUT2D eigenvalue weighted by atomic mass is 16.5. The van der Waals surface area contributed by atoms with Gasteiger partial charge < -0.3 is 15.0 Å². The summed E-state index contributed by atoms with van der Waals surface area (Å²) in [4.78, 5) is 24.0. The lowest BCUT2D eigenvalue weighted by atomic mass is 10.1. The van der Waals surface area contributed by atoms with Crippen molar-refractivity contribution >= 4 is 28.3 Å². The second-order valence-electron chi connectivity index (χ2n) is 6.76. The minimum atomic E-state index is -0.270. The normalized spacial score (nSPS) is 16.5. The van der Waals surface area contributed by atoms with Crippen LogP contribution in [0.3, 0.4) is 0 Å². The molecule has 0 saturated carbocycles. The Morgan fingerprint density at radius 2 is 2.07 bits per heavy atom. The third kappa shape index (κ3) is 3.30. The molecule has 138 valence electrons. The third-order valence-corrected chi connectivity index (χ3v) is 4.96. The molecule has 1 fully saturated rings. The fourth-order valence-electron chi connectivity index (χ4n) is 3.65. The van der Waals surface area contributed by atoms with Gasteiger partial charge in [0.1, 0.15) is 23.9 Å². The maximum absolute atomic E-state index is 13.1. The first-order chi connectivity index (χ1) is 13.2. The van der Waals surface area contributed by atoms with E-state index in [0.717, 1.165) is 41.7 Å². The Morgan fingerprint density at radius 1 is 1.22 bits per heavy atom. The van der Waals surface area contributed by atoms with E-state index in [9.17, 15) is 4.79 Å². The number of para-hydroxylation sites is 1. The van der Waals surface area contributed by atoms with Crippen LogP contribution in [0.5, 0.6) is 5.75 Å². The van der Waals surface area contributed by atoms with E-state index in [1.807, 2.05) is 49.4 Å². The molecule has 1 aliphatic heterocycles. The second kappa shape index (κ2) is 7.23. The van der Waals surface area contributed by atoms with Crippen molar-refractivity contribution in [2.45, 2.75) is 25.8 Å². The van der Waals surface area contributed by atoms with Crippen LogP contribution in [0.15, 0.2) is 48.8 Å². The number of nitrogens with one attached hydrogen (secondary N) is 1. The van der Waals surface area contributed by atoms with Crippen LogP contribution < -0.4 is 15.0 Å². The number of ether oxygens (including phenoxy) is 1. The summed E-state index contributed by atoms with van der Waals surface area (Å²) in [5.41, 5.74) is 2.65. The highest BCUT2D eigenvalue weighted by Gasteiger charge is 2.33. The predicted octanol–water partition coefficient (Wildman–Crippen LogP) is 3.55. The minimum absolute atomic E-state index is 0.0425. The van der Waals surface area contributed by atoms with Crippen LogP contribution in [0.25, 0.3) is 10.9 Å². The Bertz CT molecular complexity index is 984. The molecular formula is C21H22N4O2. The number of amides is 1. The van der Waals surface area contributed by atoms with Gasteiger partial charge in [-0.3, -0.25) is 4.79 Å². The van der Waals surface area contributed by atoms with Crippen molar-refractivity contribution < 1.29 is 9.53 Å². The van der Waals surface area contributed by atoms with Crippen molar-refractivity contribution in [2.75, 3.05) is 23.9 Å². The molecule has 4 rings (SSSR count). The van der Waals surface area contributed by atoms with Gasteiger partial charge in [0.2, 0.25) is 5.91 Å². The zero-order valence-corrected chi connectivity index (χ0v) is 15.5. The van der Waals surface area contributed by atoms with Crippen LogP contribution in [0.2, 0.25) is 0 Å². The zero-order valence-electron chi connectivity index (χ0n) is 15.5. The van der Waals surface area contributed by atoms with E-state index in [-0.39, 0.29) is 11.9 Å². The van der Waals surface area contributed by atoms with Crippen LogP contribution in [0.1, 0.15) is 18.4 Å². The molecule has 1 saturated heterocycles. The predicted molar refractivity (Wildman–Crippen MR) is 106 cm³/mol. The van der Waals surface area contributed by atoms with Crippen LogP contribution in [-0.2, 0) is 4.79 Å². The first kappa shape index (κ1) is 17.3. The number of aryl methyl sites for hydroxylation is 1. The van der Waals surface area contributed by atoms with Crippen molar-refractivity contribution in [1.29, 1.82) is 0 Å². The van der Waals surface area contributed by atoms with Crippen molar-refractivity contribution in [2.24, 2.45) is 0 Å². The van der Waals surface area contributed by atoms with Gasteiger partial charge >= 0.3 is 0 Å². The van der Waals surface area contributed by atoms with E-state index in [1.165, 1.54) is 0 Å². The van der Waals surface area contributed by atoms with Crippen molar-refractivity contribution in [3.63, 3.8) is 0 Å². The van der Waals surface area contributed by atoms with E-state index in [2.05, 4.69) is 20.2 Å². The average molecular weight is 362 g/mol.